The zero-order valence-electron chi connectivity index (χ0n) is 28.9. The number of likely N-dealkylation sites (N-methyl/N-ethyl adjacent to an activating group) is 1. The molecule has 0 saturated carbocycles. The Morgan fingerprint density at radius 1 is 1.17 bits per heavy atom. The van der Waals surface area contributed by atoms with Crippen molar-refractivity contribution < 1.29 is 33.1 Å². The number of Topliss-reactive ketones (excluding diaryl/α,β-unsaturated/α-hetero) is 1. The molecule has 4 N–H and O–H groups in total. The minimum Gasteiger partial charge on any atom is -0.504 e. The number of carbonyl (C=O) groups is 4. The highest BCUT2D eigenvalue weighted by Gasteiger charge is 2.29. The molecule has 18 heteroatoms. The molecule has 1 aliphatic heterocycles. The summed E-state index contributed by atoms with van der Waals surface area (Å²) >= 11 is 6.23. The molecule has 1 saturated heterocycles. The number of nitrogens with one attached hydrogen (secondary N) is 1. The van der Waals surface area contributed by atoms with Crippen LogP contribution in [0.25, 0.3) is 11.1 Å². The molecule has 0 spiro atoms. The Hall–Kier alpha value is -5.68. The summed E-state index contributed by atoms with van der Waals surface area (Å²) in [5, 5.41) is 16.3. The van der Waals surface area contributed by atoms with Crippen molar-refractivity contribution in [2.45, 2.75) is 25.9 Å². The van der Waals surface area contributed by atoms with Crippen molar-refractivity contribution in [1.29, 1.82) is 0 Å². The van der Waals surface area contributed by atoms with Gasteiger partial charge in [0.1, 0.15) is 23.2 Å². The smallest absolute Gasteiger partial charge is 0.258 e. The maximum atomic E-state index is 15.0. The van der Waals surface area contributed by atoms with Crippen LogP contribution >= 0.6 is 11.6 Å². The van der Waals surface area contributed by atoms with Gasteiger partial charge in [-0.1, -0.05) is 11.6 Å². The van der Waals surface area contributed by atoms with Gasteiger partial charge >= 0.3 is 0 Å². The van der Waals surface area contributed by atoms with Gasteiger partial charge in [-0.3, -0.25) is 23.9 Å². The number of carbonyl (C=O) groups excluding carboxylic acids is 4. The topological polar surface area (TPSA) is 184 Å². The first-order valence-corrected chi connectivity index (χ1v) is 16.4. The number of amides is 3. The summed E-state index contributed by atoms with van der Waals surface area (Å²) in [6.07, 6.45) is 4.20. The van der Waals surface area contributed by atoms with Gasteiger partial charge in [0.2, 0.25) is 11.9 Å². The lowest BCUT2D eigenvalue weighted by molar-refractivity contribution is -0.116. The number of aromatic nitrogens is 4. The Morgan fingerprint density at radius 3 is 2.54 bits per heavy atom. The number of pyridine rings is 1. The molecule has 274 valence electrons. The van der Waals surface area contributed by atoms with Gasteiger partial charge in [-0.2, -0.15) is 9.49 Å². The quantitative estimate of drug-likeness (QED) is 0.111. The van der Waals surface area contributed by atoms with E-state index in [9.17, 15) is 33.1 Å². The van der Waals surface area contributed by atoms with Gasteiger partial charge in [0.25, 0.3) is 11.8 Å². The molecule has 3 aromatic heterocycles. The molecule has 0 bridgehead atoms. The standard InChI is InChI=1S/C34H37ClF2N10O5/c1-18-14-43(3)8-9-47(18)26-12-24(29(35)31(37)42-26)41-27(49)17-46-16-22(19-10-21(32(38)51)30(50)23(36)11-19)28(33(46)39-2)34(52)44(4)7-6-25(48)20-13-40-45(5)15-20/h10-13,15-16,18,50H,2,6-9,14,17H2,1,3-5H3,(H2,38,51)(H,41,42,49)/t18-/m0/s1. The van der Waals surface area contributed by atoms with Gasteiger partial charge in [-0.15, -0.1) is 0 Å². The Labute approximate surface area is 302 Å². The van der Waals surface area contributed by atoms with E-state index >= 15 is 0 Å². The third-order valence-corrected chi connectivity index (χ3v) is 9.08. The van der Waals surface area contributed by atoms with Crippen molar-refractivity contribution >= 4 is 59.1 Å². The fourth-order valence-electron chi connectivity index (χ4n) is 6.03. The SMILES string of the molecule is C=Nc1c(C(=O)N(C)CCC(=O)c2cnn(C)c2)c(-c2cc(F)c(O)c(C(N)=O)c2)cn1CC(=O)Nc1cc(N2CCN(C)C[C@@H]2C)nc(F)c1Cl. The molecule has 15 nitrogen and oxygen atoms in total. The largest absolute Gasteiger partial charge is 0.504 e. The number of anilines is 2. The molecular formula is C34H37ClF2N10O5. The van der Waals surface area contributed by atoms with Crippen molar-refractivity contribution in [3.05, 3.63) is 70.3 Å². The maximum Gasteiger partial charge on any atom is 0.258 e. The first kappa shape index (κ1) is 37.6. The Morgan fingerprint density at radius 2 is 1.90 bits per heavy atom. The van der Waals surface area contributed by atoms with E-state index in [1.807, 2.05) is 18.9 Å². The molecule has 4 heterocycles. The number of piperazine rings is 1. The van der Waals surface area contributed by atoms with Crippen LogP contribution in [0.3, 0.4) is 0 Å². The summed E-state index contributed by atoms with van der Waals surface area (Å²) in [6, 6.07) is 3.45. The van der Waals surface area contributed by atoms with Crippen LogP contribution in [0.5, 0.6) is 5.75 Å². The van der Waals surface area contributed by atoms with Crippen LogP contribution in [0.4, 0.5) is 26.1 Å². The van der Waals surface area contributed by atoms with E-state index in [1.54, 1.807) is 13.2 Å². The third kappa shape index (κ3) is 7.79. The number of nitrogens with zero attached hydrogens (tertiary/aromatic N) is 8. The molecule has 4 aromatic rings. The second-order valence-electron chi connectivity index (χ2n) is 12.5. The van der Waals surface area contributed by atoms with E-state index in [0.29, 0.717) is 25.2 Å². The molecular weight excluding hydrogens is 702 g/mol. The number of rotatable bonds is 12. The van der Waals surface area contributed by atoms with Gasteiger partial charge in [0, 0.05) is 76.8 Å². The molecule has 0 radical (unpaired) electrons. The summed E-state index contributed by atoms with van der Waals surface area (Å²) in [6.45, 7) is 6.98. The number of phenols is 1. The molecule has 1 atom stereocenters. The van der Waals surface area contributed by atoms with Gasteiger partial charge in [0.15, 0.2) is 17.3 Å². The van der Waals surface area contributed by atoms with Crippen molar-refractivity contribution in [2.75, 3.05) is 50.5 Å². The number of aryl methyl sites for hydroxylation is 1. The maximum absolute atomic E-state index is 15.0. The number of hydrogen-bond donors (Lipinski definition) is 3. The molecule has 5 rings (SSSR count). The molecule has 0 aliphatic carbocycles. The van der Waals surface area contributed by atoms with E-state index in [-0.39, 0.29) is 58.8 Å². The summed E-state index contributed by atoms with van der Waals surface area (Å²) < 4.78 is 32.6. The number of ketones is 1. The summed E-state index contributed by atoms with van der Waals surface area (Å²) in [7, 11) is 5.07. The second-order valence-corrected chi connectivity index (χ2v) is 12.9. The zero-order valence-corrected chi connectivity index (χ0v) is 29.6. The fourth-order valence-corrected chi connectivity index (χ4v) is 6.17. The van der Waals surface area contributed by atoms with Crippen LogP contribution in [0, 0.1) is 11.8 Å². The van der Waals surface area contributed by atoms with Crippen molar-refractivity contribution in [2.24, 2.45) is 17.8 Å². The van der Waals surface area contributed by atoms with Crippen molar-refractivity contribution in [1.82, 2.24) is 29.1 Å². The fraction of sp³-hybridized carbons (Fsp3) is 0.324. The highest BCUT2D eigenvalue weighted by Crippen LogP contribution is 2.38. The van der Waals surface area contributed by atoms with Gasteiger partial charge < -0.3 is 35.4 Å². The number of aromatic hydroxyl groups is 1. The summed E-state index contributed by atoms with van der Waals surface area (Å²) in [5.74, 6) is -5.79. The lowest BCUT2D eigenvalue weighted by atomic mass is 9.99. The van der Waals surface area contributed by atoms with Gasteiger partial charge in [-0.05, 0) is 38.4 Å². The van der Waals surface area contributed by atoms with Crippen LogP contribution in [0.15, 0.2) is 41.8 Å². The van der Waals surface area contributed by atoms with E-state index in [2.05, 4.69) is 32.0 Å². The highest BCUT2D eigenvalue weighted by atomic mass is 35.5. The van der Waals surface area contributed by atoms with Gasteiger partial charge in [0.05, 0.1) is 28.6 Å². The van der Waals surface area contributed by atoms with E-state index in [0.717, 1.165) is 12.1 Å². The van der Waals surface area contributed by atoms with E-state index in [4.69, 9.17) is 17.3 Å². The Bertz CT molecular complexity index is 2080. The van der Waals surface area contributed by atoms with Crippen LogP contribution in [0.1, 0.15) is 44.4 Å². The van der Waals surface area contributed by atoms with Crippen LogP contribution in [0.2, 0.25) is 5.02 Å². The predicted octanol–water partition coefficient (Wildman–Crippen LogP) is 3.48. The average Bonchev–Trinajstić information content (AvgIpc) is 3.69. The molecule has 1 fully saturated rings. The zero-order chi connectivity index (χ0) is 38.0. The van der Waals surface area contributed by atoms with Crippen LogP contribution < -0.4 is 16.0 Å². The molecule has 3 amide bonds. The van der Waals surface area contributed by atoms with E-state index < -0.39 is 52.4 Å². The number of primary amides is 1. The predicted molar refractivity (Wildman–Crippen MR) is 190 cm³/mol. The lowest BCUT2D eigenvalue weighted by Gasteiger charge is -2.39. The molecule has 52 heavy (non-hydrogen) atoms. The monoisotopic (exact) mass is 738 g/mol. The normalized spacial score (nSPS) is 14.7. The molecule has 1 aromatic carbocycles. The van der Waals surface area contributed by atoms with Crippen molar-refractivity contribution in [3.8, 4) is 16.9 Å². The number of hydrogen-bond acceptors (Lipinski definition) is 10. The van der Waals surface area contributed by atoms with Crippen molar-refractivity contribution in [3.63, 3.8) is 0 Å². The number of aliphatic imine (C=N–C) groups is 1. The van der Waals surface area contributed by atoms with Crippen LogP contribution in [-0.2, 0) is 18.4 Å². The third-order valence-electron chi connectivity index (χ3n) is 8.72. The highest BCUT2D eigenvalue weighted by molar-refractivity contribution is 6.33. The number of halogens is 3. The summed E-state index contributed by atoms with van der Waals surface area (Å²) in [5.41, 5.74) is 4.94. The van der Waals surface area contributed by atoms with E-state index in [1.165, 1.54) is 39.7 Å². The first-order chi connectivity index (χ1) is 24.6. The minimum atomic E-state index is -1.20. The van der Waals surface area contributed by atoms with Crippen LogP contribution in [-0.4, -0.2) is 111 Å². The summed E-state index contributed by atoms with van der Waals surface area (Å²) in [4.78, 5) is 65.6. The molecule has 1 aliphatic rings. The average molecular weight is 739 g/mol. The second kappa shape index (κ2) is 15.3. The lowest BCUT2D eigenvalue weighted by Crippen LogP contribution is -2.50. The number of nitrogens with two attached hydrogens (primary N) is 1. The Kier molecular flexibility index (Phi) is 11.0. The first-order valence-electron chi connectivity index (χ1n) is 16.0. The number of benzene rings is 1. The Balaban J connectivity index is 1.49. The molecule has 0 unspecified atom stereocenters. The minimum absolute atomic E-state index is 0.00253. The van der Waals surface area contributed by atoms with Gasteiger partial charge in [-0.25, -0.2) is 14.4 Å².